The van der Waals surface area contributed by atoms with Crippen molar-refractivity contribution in [2.75, 3.05) is 6.61 Å². The molecule has 1 aliphatic carbocycles. The Morgan fingerprint density at radius 3 is 2.85 bits per heavy atom. The molecule has 110 valence electrons. The van der Waals surface area contributed by atoms with Gasteiger partial charge in [0.25, 0.3) is 0 Å². The fourth-order valence-electron chi connectivity index (χ4n) is 3.01. The Morgan fingerprint density at radius 2 is 2.15 bits per heavy atom. The number of carbonyl (C=O) groups is 1. The minimum Gasteiger partial charge on any atom is -0.466 e. The van der Waals surface area contributed by atoms with Gasteiger partial charge in [-0.2, -0.15) is 0 Å². The maximum Gasteiger partial charge on any atom is 0.308 e. The van der Waals surface area contributed by atoms with Gasteiger partial charge in [0.2, 0.25) is 0 Å². The molecule has 1 aliphatic rings. The molecule has 0 amide bonds. The van der Waals surface area contributed by atoms with E-state index in [-0.39, 0.29) is 13.0 Å². The summed E-state index contributed by atoms with van der Waals surface area (Å²) in [5.41, 5.74) is -1.20. The molecular weight excluding hydrogens is 256 g/mol. The molecule has 4 nitrogen and oxygen atoms in total. The van der Waals surface area contributed by atoms with Crippen LogP contribution >= 0.6 is 0 Å². The molecule has 20 heavy (non-hydrogen) atoms. The first kappa shape index (κ1) is 15.0. The van der Waals surface area contributed by atoms with Crippen LogP contribution in [0.15, 0.2) is 24.3 Å². The lowest BCUT2D eigenvalue weighted by Crippen LogP contribution is -2.52. The van der Waals surface area contributed by atoms with E-state index in [0.29, 0.717) is 6.42 Å². The van der Waals surface area contributed by atoms with E-state index in [0.717, 1.165) is 24.0 Å². The van der Waals surface area contributed by atoms with Gasteiger partial charge in [0.1, 0.15) is 11.2 Å². The lowest BCUT2D eigenvalue weighted by atomic mass is 9.69. The molecule has 0 saturated heterocycles. The molecule has 0 bridgehead atoms. The number of esters is 1. The molecule has 0 fully saturated rings. The van der Waals surface area contributed by atoms with Crippen LogP contribution < -0.4 is 0 Å². The molecule has 4 heteroatoms. The van der Waals surface area contributed by atoms with Crippen molar-refractivity contribution in [3.05, 3.63) is 35.4 Å². The van der Waals surface area contributed by atoms with Gasteiger partial charge >= 0.3 is 5.97 Å². The highest BCUT2D eigenvalue weighted by Crippen LogP contribution is 2.44. The fraction of sp³-hybridized carbons (Fsp3) is 0.562. The second-order valence-corrected chi connectivity index (χ2v) is 5.63. The number of aliphatic hydroxyl groups is 2. The highest BCUT2D eigenvalue weighted by molar-refractivity contribution is 5.71. The van der Waals surface area contributed by atoms with Crippen LogP contribution in [0.4, 0.5) is 0 Å². The summed E-state index contributed by atoms with van der Waals surface area (Å²) in [5, 5.41) is 21.7. The summed E-state index contributed by atoms with van der Waals surface area (Å²) in [6, 6.07) is 7.55. The summed E-state index contributed by atoms with van der Waals surface area (Å²) in [4.78, 5) is 11.7. The topological polar surface area (TPSA) is 66.8 Å². The number of carbonyl (C=O) groups excluding carboxylic acids is 1. The molecule has 0 saturated carbocycles. The maximum atomic E-state index is 11.7. The summed E-state index contributed by atoms with van der Waals surface area (Å²) in [7, 11) is 0. The van der Waals surface area contributed by atoms with Crippen molar-refractivity contribution in [3.63, 3.8) is 0 Å². The third kappa shape index (κ3) is 2.58. The molecule has 0 aromatic heterocycles. The lowest BCUT2D eigenvalue weighted by molar-refractivity contribution is -0.178. The smallest absolute Gasteiger partial charge is 0.308 e. The number of hydrogen-bond acceptors (Lipinski definition) is 4. The number of ether oxygens (including phenoxy) is 1. The molecule has 0 aliphatic heterocycles. The number of benzene rings is 1. The van der Waals surface area contributed by atoms with E-state index in [1.54, 1.807) is 6.92 Å². The normalized spacial score (nSPS) is 24.6. The van der Waals surface area contributed by atoms with Crippen molar-refractivity contribution in [1.29, 1.82) is 0 Å². The van der Waals surface area contributed by atoms with Crippen LogP contribution in [-0.2, 0) is 21.6 Å². The molecule has 2 atom stereocenters. The van der Waals surface area contributed by atoms with Crippen molar-refractivity contribution in [2.45, 2.75) is 50.7 Å². The van der Waals surface area contributed by atoms with Gasteiger partial charge in [0.05, 0.1) is 13.0 Å². The summed E-state index contributed by atoms with van der Waals surface area (Å²) < 4.78 is 4.89. The zero-order valence-electron chi connectivity index (χ0n) is 12.1. The number of fused-ring (bicyclic) bond motifs is 1. The third-order valence-corrected chi connectivity index (χ3v) is 4.13. The van der Waals surface area contributed by atoms with Gasteiger partial charge in [-0.15, -0.1) is 0 Å². The zero-order chi connectivity index (χ0) is 14.8. The van der Waals surface area contributed by atoms with Gasteiger partial charge in [-0.3, -0.25) is 4.79 Å². The van der Waals surface area contributed by atoms with E-state index in [9.17, 15) is 15.0 Å². The van der Waals surface area contributed by atoms with E-state index in [1.165, 1.54) is 6.92 Å². The summed E-state index contributed by atoms with van der Waals surface area (Å²) in [5.74, 6) is -0.492. The van der Waals surface area contributed by atoms with Crippen molar-refractivity contribution < 1.29 is 19.7 Å². The van der Waals surface area contributed by atoms with Gasteiger partial charge in [-0.1, -0.05) is 24.3 Å². The van der Waals surface area contributed by atoms with Crippen LogP contribution in [0.1, 0.15) is 44.2 Å². The second-order valence-electron chi connectivity index (χ2n) is 5.63. The highest BCUT2D eigenvalue weighted by Gasteiger charge is 2.50. The van der Waals surface area contributed by atoms with Crippen molar-refractivity contribution in [2.24, 2.45) is 0 Å². The van der Waals surface area contributed by atoms with Crippen LogP contribution in [0.25, 0.3) is 0 Å². The van der Waals surface area contributed by atoms with E-state index in [4.69, 9.17) is 4.74 Å². The predicted molar refractivity (Wildman–Crippen MR) is 75.2 cm³/mol. The van der Waals surface area contributed by atoms with Crippen LogP contribution in [0, 0.1) is 0 Å². The average molecular weight is 278 g/mol. The minimum absolute atomic E-state index is 0.217. The molecule has 1 aromatic rings. The van der Waals surface area contributed by atoms with E-state index in [2.05, 4.69) is 0 Å². The van der Waals surface area contributed by atoms with Gasteiger partial charge in [-0.25, -0.2) is 0 Å². The van der Waals surface area contributed by atoms with E-state index < -0.39 is 17.2 Å². The monoisotopic (exact) mass is 278 g/mol. The van der Waals surface area contributed by atoms with Crippen molar-refractivity contribution in [1.82, 2.24) is 0 Å². The first-order valence-electron chi connectivity index (χ1n) is 7.09. The van der Waals surface area contributed by atoms with Crippen LogP contribution in [0.5, 0.6) is 0 Å². The SMILES string of the molecule is CCOC(=O)CC(C)(O)C1(O)CCCc2ccccc21. The van der Waals surface area contributed by atoms with Gasteiger partial charge in [-0.05, 0) is 44.2 Å². The van der Waals surface area contributed by atoms with Gasteiger partial charge < -0.3 is 14.9 Å². The third-order valence-electron chi connectivity index (χ3n) is 4.13. The first-order valence-corrected chi connectivity index (χ1v) is 7.09. The quantitative estimate of drug-likeness (QED) is 0.826. The molecule has 2 N–H and O–H groups in total. The molecule has 0 spiro atoms. The second kappa shape index (κ2) is 5.54. The Kier molecular flexibility index (Phi) is 4.16. The zero-order valence-corrected chi connectivity index (χ0v) is 12.1. The molecule has 1 aromatic carbocycles. The van der Waals surface area contributed by atoms with Gasteiger partial charge in [0, 0.05) is 0 Å². The van der Waals surface area contributed by atoms with Crippen molar-refractivity contribution in [3.8, 4) is 0 Å². The predicted octanol–water partition coefficient (Wildman–Crippen LogP) is 1.91. The van der Waals surface area contributed by atoms with E-state index >= 15 is 0 Å². The summed E-state index contributed by atoms with van der Waals surface area (Å²) >= 11 is 0. The Hall–Kier alpha value is -1.39. The Balaban J connectivity index is 2.33. The maximum absolute atomic E-state index is 11.7. The largest absolute Gasteiger partial charge is 0.466 e. The summed E-state index contributed by atoms with van der Waals surface area (Å²) in [6.45, 7) is 3.49. The van der Waals surface area contributed by atoms with Crippen LogP contribution in [0.2, 0.25) is 0 Å². The van der Waals surface area contributed by atoms with Crippen LogP contribution in [-0.4, -0.2) is 28.4 Å². The highest BCUT2D eigenvalue weighted by atomic mass is 16.5. The molecular formula is C16H22O4. The Labute approximate surface area is 119 Å². The summed E-state index contributed by atoms with van der Waals surface area (Å²) in [6.07, 6.45) is 1.89. The Bertz CT molecular complexity index is 495. The van der Waals surface area contributed by atoms with Crippen molar-refractivity contribution >= 4 is 5.97 Å². The van der Waals surface area contributed by atoms with Crippen LogP contribution in [0.3, 0.4) is 0 Å². The number of rotatable bonds is 4. The number of aryl methyl sites for hydroxylation is 1. The number of hydrogen-bond donors (Lipinski definition) is 2. The molecule has 2 rings (SSSR count). The average Bonchev–Trinajstić information content (AvgIpc) is 2.39. The molecule has 2 unspecified atom stereocenters. The van der Waals surface area contributed by atoms with Gasteiger partial charge in [0.15, 0.2) is 0 Å². The standard InChI is InChI=1S/C16H22O4/c1-3-20-14(17)11-15(2,18)16(19)10-6-8-12-7-4-5-9-13(12)16/h4-5,7,9,18-19H,3,6,8,10-11H2,1-2H3. The Morgan fingerprint density at radius 1 is 1.45 bits per heavy atom. The fourth-order valence-corrected chi connectivity index (χ4v) is 3.01. The molecule has 0 radical (unpaired) electrons. The molecule has 0 heterocycles. The first-order chi connectivity index (χ1) is 9.40. The van der Waals surface area contributed by atoms with E-state index in [1.807, 2.05) is 24.3 Å². The lowest BCUT2D eigenvalue weighted by Gasteiger charge is -2.44. The minimum atomic E-state index is -1.55.